The SMILES string of the molecule is C[C@]1(O)C(=O)[C@]23CCCC[C@H]2CCC[C@@H]31. The minimum Gasteiger partial charge on any atom is -0.382 e. The summed E-state index contributed by atoms with van der Waals surface area (Å²) in [6.07, 6.45) is 8.24. The Hall–Kier alpha value is -0.370. The molecule has 2 nitrogen and oxygen atoms in total. The second-order valence-corrected chi connectivity index (χ2v) is 5.94. The molecular weight excluding hydrogens is 188 g/mol. The molecule has 84 valence electrons. The fourth-order valence-corrected chi connectivity index (χ4v) is 4.75. The Labute approximate surface area is 91.1 Å². The molecule has 3 fully saturated rings. The van der Waals surface area contributed by atoms with Gasteiger partial charge in [-0.3, -0.25) is 4.79 Å². The lowest BCUT2D eigenvalue weighted by Crippen LogP contribution is -2.73. The topological polar surface area (TPSA) is 37.3 Å². The molecule has 2 heteroatoms. The van der Waals surface area contributed by atoms with Gasteiger partial charge in [0, 0.05) is 11.3 Å². The van der Waals surface area contributed by atoms with Crippen LogP contribution in [0.3, 0.4) is 0 Å². The summed E-state index contributed by atoms with van der Waals surface area (Å²) in [5.41, 5.74) is -1.07. The molecule has 0 aromatic carbocycles. The quantitative estimate of drug-likeness (QED) is 0.663. The molecule has 3 aliphatic carbocycles. The Bertz CT molecular complexity index is 306. The van der Waals surface area contributed by atoms with Gasteiger partial charge in [-0.1, -0.05) is 19.3 Å². The number of hydrogen-bond donors (Lipinski definition) is 1. The molecule has 1 spiro atoms. The van der Waals surface area contributed by atoms with E-state index in [-0.39, 0.29) is 17.1 Å². The minimum atomic E-state index is -0.990. The van der Waals surface area contributed by atoms with Crippen molar-refractivity contribution in [1.29, 1.82) is 0 Å². The maximum absolute atomic E-state index is 12.2. The lowest BCUT2D eigenvalue weighted by molar-refractivity contribution is -0.218. The van der Waals surface area contributed by atoms with E-state index in [1.165, 1.54) is 32.1 Å². The number of aliphatic hydroxyl groups is 1. The van der Waals surface area contributed by atoms with Gasteiger partial charge in [0.2, 0.25) is 0 Å². The standard InChI is InChI=1S/C13H20O2/c1-12(15)10-7-4-6-9-5-2-3-8-13(9,10)11(12)14/h9-10,15H,2-8H2,1H3/t9-,10+,12+,13+/m0/s1. The molecule has 0 radical (unpaired) electrons. The Morgan fingerprint density at radius 2 is 1.93 bits per heavy atom. The summed E-state index contributed by atoms with van der Waals surface area (Å²) in [5, 5.41) is 10.2. The van der Waals surface area contributed by atoms with Crippen molar-refractivity contribution in [3.05, 3.63) is 0 Å². The van der Waals surface area contributed by atoms with E-state index < -0.39 is 5.60 Å². The molecule has 0 aliphatic heterocycles. The average Bonchev–Trinajstić information content (AvgIpc) is 2.27. The van der Waals surface area contributed by atoms with Crippen molar-refractivity contribution in [1.82, 2.24) is 0 Å². The van der Waals surface area contributed by atoms with E-state index >= 15 is 0 Å². The van der Waals surface area contributed by atoms with Crippen molar-refractivity contribution >= 4 is 5.78 Å². The molecule has 0 heterocycles. The van der Waals surface area contributed by atoms with Crippen molar-refractivity contribution in [3.8, 4) is 0 Å². The summed E-state index contributed by atoms with van der Waals surface area (Å²) < 4.78 is 0. The van der Waals surface area contributed by atoms with Crippen LogP contribution >= 0.6 is 0 Å². The van der Waals surface area contributed by atoms with E-state index in [0.717, 1.165) is 12.8 Å². The van der Waals surface area contributed by atoms with Crippen LogP contribution in [-0.2, 0) is 4.79 Å². The third kappa shape index (κ3) is 0.968. The number of rotatable bonds is 0. The molecule has 0 amide bonds. The van der Waals surface area contributed by atoms with Crippen LogP contribution in [0, 0.1) is 17.3 Å². The van der Waals surface area contributed by atoms with Crippen LogP contribution in [0.5, 0.6) is 0 Å². The van der Waals surface area contributed by atoms with Gasteiger partial charge in [0.15, 0.2) is 5.78 Å². The summed E-state index contributed by atoms with van der Waals surface area (Å²) in [6.45, 7) is 1.74. The van der Waals surface area contributed by atoms with Crippen LogP contribution in [-0.4, -0.2) is 16.5 Å². The minimum absolute atomic E-state index is 0.0833. The highest BCUT2D eigenvalue weighted by Crippen LogP contribution is 2.65. The van der Waals surface area contributed by atoms with Crippen molar-refractivity contribution in [2.45, 2.75) is 57.5 Å². The number of Topliss-reactive ketones (excluding diaryl/α,β-unsaturated/α-hetero) is 1. The maximum atomic E-state index is 12.2. The second-order valence-electron chi connectivity index (χ2n) is 5.94. The van der Waals surface area contributed by atoms with Gasteiger partial charge in [-0.2, -0.15) is 0 Å². The first-order valence-electron chi connectivity index (χ1n) is 6.37. The Morgan fingerprint density at radius 1 is 1.20 bits per heavy atom. The van der Waals surface area contributed by atoms with E-state index in [1.54, 1.807) is 6.92 Å². The third-order valence-corrected chi connectivity index (χ3v) is 5.35. The number of hydrogen-bond acceptors (Lipinski definition) is 2. The zero-order valence-corrected chi connectivity index (χ0v) is 9.46. The van der Waals surface area contributed by atoms with Gasteiger partial charge in [-0.15, -0.1) is 0 Å². The highest BCUT2D eigenvalue weighted by Gasteiger charge is 2.71. The monoisotopic (exact) mass is 208 g/mol. The molecular formula is C13H20O2. The van der Waals surface area contributed by atoms with Crippen LogP contribution in [0.15, 0.2) is 0 Å². The largest absolute Gasteiger partial charge is 0.382 e. The summed E-state index contributed by atoms with van der Waals surface area (Å²) in [7, 11) is 0. The average molecular weight is 208 g/mol. The van der Waals surface area contributed by atoms with Gasteiger partial charge in [-0.25, -0.2) is 0 Å². The Kier molecular flexibility index (Phi) is 1.87. The fraction of sp³-hybridized carbons (Fsp3) is 0.923. The fourth-order valence-electron chi connectivity index (χ4n) is 4.75. The zero-order valence-electron chi connectivity index (χ0n) is 9.46. The van der Waals surface area contributed by atoms with Crippen molar-refractivity contribution in [2.24, 2.45) is 17.3 Å². The van der Waals surface area contributed by atoms with Gasteiger partial charge in [0.05, 0.1) is 0 Å². The highest BCUT2D eigenvalue weighted by molar-refractivity contribution is 6.00. The first-order chi connectivity index (χ1) is 7.10. The van der Waals surface area contributed by atoms with E-state index in [4.69, 9.17) is 0 Å². The van der Waals surface area contributed by atoms with Gasteiger partial charge in [0.1, 0.15) is 5.60 Å². The first-order valence-corrected chi connectivity index (χ1v) is 6.37. The van der Waals surface area contributed by atoms with E-state index in [1.807, 2.05) is 0 Å². The van der Waals surface area contributed by atoms with Crippen molar-refractivity contribution < 1.29 is 9.90 Å². The molecule has 3 aliphatic rings. The summed E-state index contributed by atoms with van der Waals surface area (Å²) in [4.78, 5) is 12.2. The molecule has 0 saturated heterocycles. The normalized spacial score (nSPS) is 54.1. The Balaban J connectivity index is 1.98. The molecule has 15 heavy (non-hydrogen) atoms. The van der Waals surface area contributed by atoms with Crippen molar-refractivity contribution in [2.75, 3.05) is 0 Å². The molecule has 4 atom stereocenters. The predicted octanol–water partition coefficient (Wildman–Crippen LogP) is 2.30. The maximum Gasteiger partial charge on any atom is 0.171 e. The van der Waals surface area contributed by atoms with E-state index in [2.05, 4.69) is 0 Å². The lowest BCUT2D eigenvalue weighted by Gasteiger charge is -2.64. The summed E-state index contributed by atoms with van der Waals surface area (Å²) >= 11 is 0. The van der Waals surface area contributed by atoms with Crippen LogP contribution < -0.4 is 0 Å². The van der Waals surface area contributed by atoms with Crippen molar-refractivity contribution in [3.63, 3.8) is 0 Å². The summed E-state index contributed by atoms with van der Waals surface area (Å²) in [6, 6.07) is 0. The predicted molar refractivity (Wildman–Crippen MR) is 57.4 cm³/mol. The molecule has 0 aromatic rings. The molecule has 0 unspecified atom stereocenters. The second kappa shape index (κ2) is 2.85. The van der Waals surface area contributed by atoms with Gasteiger partial charge in [0.25, 0.3) is 0 Å². The van der Waals surface area contributed by atoms with Crippen LogP contribution in [0.4, 0.5) is 0 Å². The Morgan fingerprint density at radius 3 is 2.73 bits per heavy atom. The van der Waals surface area contributed by atoms with Crippen LogP contribution in [0.2, 0.25) is 0 Å². The number of ketones is 1. The smallest absolute Gasteiger partial charge is 0.171 e. The van der Waals surface area contributed by atoms with Gasteiger partial charge < -0.3 is 5.11 Å². The molecule has 0 aromatic heterocycles. The van der Waals surface area contributed by atoms with Gasteiger partial charge in [-0.05, 0) is 38.5 Å². The molecule has 3 rings (SSSR count). The first kappa shape index (κ1) is 9.83. The van der Waals surface area contributed by atoms with E-state index in [0.29, 0.717) is 5.92 Å². The molecule has 1 N–H and O–H groups in total. The lowest BCUT2D eigenvalue weighted by atomic mass is 9.39. The van der Waals surface area contributed by atoms with E-state index in [9.17, 15) is 9.90 Å². The highest BCUT2D eigenvalue weighted by atomic mass is 16.3. The van der Waals surface area contributed by atoms with Crippen LogP contribution in [0.25, 0.3) is 0 Å². The summed E-state index contributed by atoms with van der Waals surface area (Å²) in [5.74, 6) is 1.04. The number of carbonyl (C=O) groups is 1. The molecule has 3 saturated carbocycles. The zero-order chi connectivity index (χ0) is 10.7. The number of carbonyl (C=O) groups excluding carboxylic acids is 1. The third-order valence-electron chi connectivity index (χ3n) is 5.35. The van der Waals surface area contributed by atoms with Gasteiger partial charge >= 0.3 is 0 Å². The van der Waals surface area contributed by atoms with Crippen LogP contribution in [0.1, 0.15) is 51.9 Å². The molecule has 0 bridgehead atoms.